The van der Waals surface area contributed by atoms with Crippen LogP contribution in [0.15, 0.2) is 29.1 Å². The van der Waals surface area contributed by atoms with Gasteiger partial charge in [0.15, 0.2) is 0 Å². The number of hydrogen-bond acceptors (Lipinski definition) is 4. The van der Waals surface area contributed by atoms with Crippen LogP contribution >= 0.6 is 11.3 Å². The van der Waals surface area contributed by atoms with Gasteiger partial charge in [-0.25, -0.2) is 4.98 Å². The van der Waals surface area contributed by atoms with E-state index in [2.05, 4.69) is 4.98 Å². The van der Waals surface area contributed by atoms with Crippen molar-refractivity contribution in [3.05, 3.63) is 45.9 Å². The number of aliphatic hydroxyl groups excluding tert-OH is 1. The molecule has 3 rings (SSSR count). The molecule has 3 nitrogen and oxygen atoms in total. The number of benzene rings is 1. The van der Waals surface area contributed by atoms with Crippen LogP contribution in [0.3, 0.4) is 0 Å². The van der Waals surface area contributed by atoms with E-state index in [0.717, 1.165) is 30.8 Å². The number of aromatic nitrogens is 1. The highest BCUT2D eigenvalue weighted by Crippen LogP contribution is 2.29. The minimum atomic E-state index is -0.631. The molecule has 1 aromatic heterocycles. The van der Waals surface area contributed by atoms with E-state index >= 15 is 0 Å². The van der Waals surface area contributed by atoms with E-state index in [0.29, 0.717) is 5.69 Å². The molecule has 1 atom stereocenters. The van der Waals surface area contributed by atoms with Crippen molar-refractivity contribution < 1.29 is 9.84 Å². The largest absolute Gasteiger partial charge is 0.493 e. The highest BCUT2D eigenvalue weighted by molar-refractivity contribution is 7.07. The topological polar surface area (TPSA) is 42.4 Å². The van der Waals surface area contributed by atoms with E-state index in [1.807, 2.05) is 23.6 Å². The van der Waals surface area contributed by atoms with E-state index in [-0.39, 0.29) is 0 Å². The molecular weight excluding hydrogens is 234 g/mol. The summed E-state index contributed by atoms with van der Waals surface area (Å²) in [7, 11) is 0. The van der Waals surface area contributed by atoms with Gasteiger partial charge in [0.1, 0.15) is 11.9 Å². The summed E-state index contributed by atoms with van der Waals surface area (Å²) < 4.78 is 5.55. The van der Waals surface area contributed by atoms with Crippen molar-refractivity contribution in [1.29, 1.82) is 0 Å². The molecule has 17 heavy (non-hydrogen) atoms. The van der Waals surface area contributed by atoms with Crippen molar-refractivity contribution in [2.24, 2.45) is 0 Å². The normalized spacial score (nSPS) is 16.1. The minimum absolute atomic E-state index is 0.631. The van der Waals surface area contributed by atoms with Crippen LogP contribution < -0.4 is 4.74 Å². The van der Waals surface area contributed by atoms with Crippen LogP contribution in [0.4, 0.5) is 0 Å². The van der Waals surface area contributed by atoms with Crippen molar-refractivity contribution in [1.82, 2.24) is 4.98 Å². The van der Waals surface area contributed by atoms with Crippen LogP contribution in [0.25, 0.3) is 0 Å². The molecular formula is C13H13NO2S. The Morgan fingerprint density at radius 1 is 1.41 bits per heavy atom. The number of hydrogen-bond donors (Lipinski definition) is 1. The Morgan fingerprint density at radius 3 is 3.18 bits per heavy atom. The fourth-order valence-corrected chi connectivity index (χ4v) is 2.65. The van der Waals surface area contributed by atoms with Gasteiger partial charge in [0.25, 0.3) is 0 Å². The monoisotopic (exact) mass is 247 g/mol. The molecule has 0 aliphatic carbocycles. The molecule has 0 saturated heterocycles. The average molecular weight is 247 g/mol. The maximum absolute atomic E-state index is 10.2. The molecule has 0 fully saturated rings. The molecule has 0 radical (unpaired) electrons. The van der Waals surface area contributed by atoms with Crippen molar-refractivity contribution in [2.45, 2.75) is 18.9 Å². The molecule has 0 amide bonds. The average Bonchev–Trinajstić information content (AvgIpc) is 2.91. The first-order valence-corrected chi connectivity index (χ1v) is 6.60. The number of aliphatic hydroxyl groups is 1. The predicted molar refractivity (Wildman–Crippen MR) is 66.4 cm³/mol. The molecule has 1 unspecified atom stereocenters. The van der Waals surface area contributed by atoms with Crippen molar-refractivity contribution in [3.63, 3.8) is 0 Å². The standard InChI is InChI=1S/C13H13NO2S/c15-13(11-7-17-8-14-11)10-3-4-12-9(6-10)2-1-5-16-12/h3-4,6-8,13,15H,1-2,5H2. The summed E-state index contributed by atoms with van der Waals surface area (Å²) in [5.41, 5.74) is 4.52. The molecule has 4 heteroatoms. The molecule has 88 valence electrons. The van der Waals surface area contributed by atoms with Gasteiger partial charge < -0.3 is 9.84 Å². The fraction of sp³-hybridized carbons (Fsp3) is 0.308. The van der Waals surface area contributed by atoms with E-state index < -0.39 is 6.10 Å². The third-order valence-electron chi connectivity index (χ3n) is 2.98. The van der Waals surface area contributed by atoms with Crippen LogP contribution in [0.5, 0.6) is 5.75 Å². The summed E-state index contributed by atoms with van der Waals surface area (Å²) in [6, 6.07) is 5.88. The maximum atomic E-state index is 10.2. The number of ether oxygens (including phenoxy) is 1. The zero-order valence-electron chi connectivity index (χ0n) is 9.30. The second kappa shape index (κ2) is 4.47. The summed E-state index contributed by atoms with van der Waals surface area (Å²) >= 11 is 1.50. The Balaban J connectivity index is 1.93. The summed E-state index contributed by atoms with van der Waals surface area (Å²) in [5.74, 6) is 0.950. The molecule has 0 spiro atoms. The van der Waals surface area contributed by atoms with Crippen LogP contribution in [-0.2, 0) is 6.42 Å². The molecule has 0 bridgehead atoms. The Bertz CT molecular complexity index is 510. The van der Waals surface area contributed by atoms with Gasteiger partial charge in [0.2, 0.25) is 0 Å². The van der Waals surface area contributed by atoms with Gasteiger partial charge in [-0.2, -0.15) is 0 Å². The zero-order chi connectivity index (χ0) is 11.7. The zero-order valence-corrected chi connectivity index (χ0v) is 10.1. The Hall–Kier alpha value is -1.39. The Morgan fingerprint density at radius 2 is 2.35 bits per heavy atom. The lowest BCUT2D eigenvalue weighted by Crippen LogP contribution is -2.09. The number of aryl methyl sites for hydroxylation is 1. The maximum Gasteiger partial charge on any atom is 0.122 e. The Labute approximate surface area is 104 Å². The highest BCUT2D eigenvalue weighted by atomic mass is 32.1. The lowest BCUT2D eigenvalue weighted by molar-refractivity contribution is 0.215. The summed E-state index contributed by atoms with van der Waals surface area (Å²) in [6.45, 7) is 0.793. The van der Waals surface area contributed by atoms with Gasteiger partial charge in [-0.05, 0) is 36.1 Å². The van der Waals surface area contributed by atoms with Crippen LogP contribution in [0, 0.1) is 0 Å². The predicted octanol–water partition coefficient (Wildman–Crippen LogP) is 2.55. The van der Waals surface area contributed by atoms with Crippen LogP contribution in [0.1, 0.15) is 29.3 Å². The SMILES string of the molecule is OC(c1ccc2c(c1)CCCO2)c1cscn1. The first-order chi connectivity index (χ1) is 8.34. The van der Waals surface area contributed by atoms with Crippen LogP contribution in [0.2, 0.25) is 0 Å². The van der Waals surface area contributed by atoms with Gasteiger partial charge in [-0.1, -0.05) is 6.07 Å². The van der Waals surface area contributed by atoms with E-state index in [1.54, 1.807) is 5.51 Å². The third kappa shape index (κ3) is 2.06. The van der Waals surface area contributed by atoms with Crippen molar-refractivity contribution in [3.8, 4) is 5.75 Å². The number of thiazole rings is 1. The van der Waals surface area contributed by atoms with Gasteiger partial charge in [0, 0.05) is 5.38 Å². The van der Waals surface area contributed by atoms with Gasteiger partial charge in [0.05, 0.1) is 17.8 Å². The van der Waals surface area contributed by atoms with Gasteiger partial charge in [-0.15, -0.1) is 11.3 Å². The van der Waals surface area contributed by atoms with E-state index in [1.165, 1.54) is 16.9 Å². The fourth-order valence-electron chi connectivity index (χ4n) is 2.08. The summed E-state index contributed by atoms with van der Waals surface area (Å²) in [6.07, 6.45) is 1.43. The molecule has 2 heterocycles. The molecule has 1 aliphatic heterocycles. The smallest absolute Gasteiger partial charge is 0.122 e. The van der Waals surface area contributed by atoms with Crippen LogP contribution in [-0.4, -0.2) is 16.7 Å². The van der Waals surface area contributed by atoms with Gasteiger partial charge in [-0.3, -0.25) is 0 Å². The quantitative estimate of drug-likeness (QED) is 0.886. The molecule has 1 N–H and O–H groups in total. The summed E-state index contributed by atoms with van der Waals surface area (Å²) in [4.78, 5) is 4.14. The first kappa shape index (κ1) is 10.7. The molecule has 2 aromatic rings. The van der Waals surface area contributed by atoms with E-state index in [9.17, 15) is 5.11 Å². The lowest BCUT2D eigenvalue weighted by atomic mass is 9.99. The van der Waals surface area contributed by atoms with Gasteiger partial charge >= 0.3 is 0 Å². The molecule has 1 aliphatic rings. The second-order valence-electron chi connectivity index (χ2n) is 4.14. The molecule has 0 saturated carbocycles. The second-order valence-corrected chi connectivity index (χ2v) is 4.85. The Kier molecular flexibility index (Phi) is 2.82. The molecule has 1 aromatic carbocycles. The highest BCUT2D eigenvalue weighted by Gasteiger charge is 2.16. The number of fused-ring (bicyclic) bond motifs is 1. The van der Waals surface area contributed by atoms with Crippen molar-refractivity contribution in [2.75, 3.05) is 6.61 Å². The third-order valence-corrected chi connectivity index (χ3v) is 3.58. The lowest BCUT2D eigenvalue weighted by Gasteiger charge is -2.19. The first-order valence-electron chi connectivity index (χ1n) is 5.66. The number of nitrogens with zero attached hydrogens (tertiary/aromatic N) is 1. The van der Waals surface area contributed by atoms with Crippen molar-refractivity contribution >= 4 is 11.3 Å². The summed E-state index contributed by atoms with van der Waals surface area (Å²) in [5, 5.41) is 12.1. The number of rotatable bonds is 2. The van der Waals surface area contributed by atoms with E-state index in [4.69, 9.17) is 4.74 Å². The minimum Gasteiger partial charge on any atom is -0.493 e.